The van der Waals surface area contributed by atoms with Crippen LogP contribution in [0.3, 0.4) is 0 Å². The van der Waals surface area contributed by atoms with E-state index in [0.717, 1.165) is 54.9 Å². The fourth-order valence-corrected chi connectivity index (χ4v) is 6.08. The van der Waals surface area contributed by atoms with Gasteiger partial charge in [0.05, 0.1) is 22.8 Å². The van der Waals surface area contributed by atoms with Gasteiger partial charge >= 0.3 is 0 Å². The maximum Gasteiger partial charge on any atom is 0.153 e. The Morgan fingerprint density at radius 3 is 1.39 bits per heavy atom. The first-order chi connectivity index (χ1) is 21.6. The van der Waals surface area contributed by atoms with E-state index in [-0.39, 0.29) is 0 Å². The maximum atomic E-state index is 9.89. The van der Waals surface area contributed by atoms with Gasteiger partial charge in [0.2, 0.25) is 0 Å². The van der Waals surface area contributed by atoms with E-state index in [1.807, 2.05) is 72.8 Å². The largest absolute Gasteiger partial charge is 0.455 e. The molecular formula is C39H19N3O2. The van der Waals surface area contributed by atoms with Gasteiger partial charge in [-0.3, -0.25) is 0 Å². The Hall–Kier alpha value is -6.61. The first kappa shape index (κ1) is 25.1. The summed E-state index contributed by atoms with van der Waals surface area (Å²) in [4.78, 5) is 0. The first-order valence-corrected chi connectivity index (χ1v) is 14.0. The fourth-order valence-electron chi connectivity index (χ4n) is 6.08. The van der Waals surface area contributed by atoms with Crippen LogP contribution in [0.2, 0.25) is 0 Å². The second-order valence-corrected chi connectivity index (χ2v) is 10.7. The Kier molecular flexibility index (Phi) is 5.56. The van der Waals surface area contributed by atoms with E-state index in [4.69, 9.17) is 8.83 Å². The standard InChI is InChI=1S/C39H19N3O2/c40-20-25-5-1-2-8-31(25)30-16-28(23-11-13-32-34-9-3-6-26(21-41)38(34)43-36(32)18-23)15-29(17-30)24-12-14-33-35-10-4-7-27(22-42)39(35)44-37(33)19-24/h1-19H. The van der Waals surface area contributed by atoms with Gasteiger partial charge in [-0.1, -0.05) is 54.6 Å². The molecule has 202 valence electrons. The van der Waals surface area contributed by atoms with Crippen LogP contribution < -0.4 is 0 Å². The van der Waals surface area contributed by atoms with Crippen LogP contribution in [0, 0.1) is 34.0 Å². The molecule has 0 aliphatic carbocycles. The van der Waals surface area contributed by atoms with E-state index in [1.165, 1.54) is 0 Å². The molecule has 0 aliphatic rings. The minimum absolute atomic E-state index is 0.500. The van der Waals surface area contributed by atoms with Crippen molar-refractivity contribution in [3.8, 4) is 51.6 Å². The number of fused-ring (bicyclic) bond motifs is 6. The minimum atomic E-state index is 0.500. The molecule has 8 aromatic rings. The van der Waals surface area contributed by atoms with Gasteiger partial charge in [0, 0.05) is 21.5 Å². The number of nitrogens with zero attached hydrogens (tertiary/aromatic N) is 3. The zero-order valence-electron chi connectivity index (χ0n) is 23.1. The molecule has 44 heavy (non-hydrogen) atoms. The summed E-state index contributed by atoms with van der Waals surface area (Å²) in [6.07, 6.45) is 0. The Morgan fingerprint density at radius 1 is 0.386 bits per heavy atom. The summed E-state index contributed by atoms with van der Waals surface area (Å²) in [5.41, 5.74) is 9.67. The van der Waals surface area contributed by atoms with Gasteiger partial charge in [-0.05, 0) is 94.0 Å². The molecule has 2 aromatic heterocycles. The van der Waals surface area contributed by atoms with Crippen LogP contribution in [0.5, 0.6) is 0 Å². The highest BCUT2D eigenvalue weighted by Gasteiger charge is 2.16. The molecule has 0 atom stereocenters. The molecule has 0 spiro atoms. The predicted molar refractivity (Wildman–Crippen MR) is 171 cm³/mol. The first-order valence-electron chi connectivity index (χ1n) is 14.0. The Morgan fingerprint density at radius 2 is 0.864 bits per heavy atom. The van der Waals surface area contributed by atoms with E-state index in [9.17, 15) is 15.8 Å². The molecule has 0 bridgehead atoms. The Bertz CT molecular complexity index is 2450. The molecular weight excluding hydrogens is 542 g/mol. The van der Waals surface area contributed by atoms with Gasteiger partial charge in [0.1, 0.15) is 23.3 Å². The monoisotopic (exact) mass is 561 g/mol. The van der Waals surface area contributed by atoms with E-state index in [2.05, 4.69) is 48.5 Å². The molecule has 0 radical (unpaired) electrons. The maximum absolute atomic E-state index is 9.89. The molecule has 0 fully saturated rings. The zero-order chi connectivity index (χ0) is 29.8. The van der Waals surface area contributed by atoms with Crippen LogP contribution in [-0.2, 0) is 0 Å². The Balaban J connectivity index is 1.35. The molecule has 6 aromatic carbocycles. The lowest BCUT2D eigenvalue weighted by Gasteiger charge is -2.12. The lowest BCUT2D eigenvalue weighted by Crippen LogP contribution is -1.88. The van der Waals surface area contributed by atoms with Crippen LogP contribution >= 0.6 is 0 Å². The fraction of sp³-hybridized carbons (Fsp3) is 0. The van der Waals surface area contributed by atoms with Gasteiger partial charge in [-0.2, -0.15) is 15.8 Å². The summed E-state index contributed by atoms with van der Waals surface area (Å²) >= 11 is 0. The van der Waals surface area contributed by atoms with Gasteiger partial charge in [-0.15, -0.1) is 0 Å². The van der Waals surface area contributed by atoms with Crippen molar-refractivity contribution in [2.75, 3.05) is 0 Å². The van der Waals surface area contributed by atoms with E-state index in [1.54, 1.807) is 12.1 Å². The number of para-hydroxylation sites is 2. The zero-order valence-corrected chi connectivity index (χ0v) is 23.1. The van der Waals surface area contributed by atoms with Crippen LogP contribution in [0.1, 0.15) is 16.7 Å². The van der Waals surface area contributed by atoms with Crippen molar-refractivity contribution in [2.45, 2.75) is 0 Å². The molecule has 0 N–H and O–H groups in total. The second-order valence-electron chi connectivity index (χ2n) is 10.7. The third kappa shape index (κ3) is 3.84. The summed E-state index contributed by atoms with van der Waals surface area (Å²) in [5.74, 6) is 0. The number of benzene rings is 6. The van der Waals surface area contributed by atoms with Gasteiger partial charge in [-0.25, -0.2) is 0 Å². The predicted octanol–water partition coefficient (Wildman–Crippen LogP) is 10.1. The molecule has 8 rings (SSSR count). The van der Waals surface area contributed by atoms with E-state index < -0.39 is 0 Å². The lowest BCUT2D eigenvalue weighted by atomic mass is 9.91. The topological polar surface area (TPSA) is 97.7 Å². The van der Waals surface area contributed by atoms with Crippen LogP contribution in [0.15, 0.2) is 124 Å². The number of rotatable bonds is 3. The quantitative estimate of drug-likeness (QED) is 0.214. The minimum Gasteiger partial charge on any atom is -0.455 e. The van der Waals surface area contributed by atoms with E-state index >= 15 is 0 Å². The molecule has 0 saturated heterocycles. The van der Waals surface area contributed by atoms with Crippen LogP contribution in [0.25, 0.3) is 77.3 Å². The van der Waals surface area contributed by atoms with Crippen molar-refractivity contribution in [3.05, 3.63) is 132 Å². The number of nitriles is 3. The molecule has 2 heterocycles. The molecule has 0 amide bonds. The lowest BCUT2D eigenvalue weighted by molar-refractivity contribution is 0.667. The number of furan rings is 2. The average molecular weight is 562 g/mol. The number of hydrogen-bond acceptors (Lipinski definition) is 5. The normalized spacial score (nSPS) is 11.1. The van der Waals surface area contributed by atoms with Crippen LogP contribution in [0.4, 0.5) is 0 Å². The highest BCUT2D eigenvalue weighted by atomic mass is 16.3. The van der Waals surface area contributed by atoms with Crippen molar-refractivity contribution >= 4 is 43.9 Å². The van der Waals surface area contributed by atoms with Crippen molar-refractivity contribution < 1.29 is 8.83 Å². The smallest absolute Gasteiger partial charge is 0.153 e. The summed E-state index contributed by atoms with van der Waals surface area (Å²) in [5, 5.41) is 32.8. The van der Waals surface area contributed by atoms with Crippen molar-refractivity contribution in [3.63, 3.8) is 0 Å². The highest BCUT2D eigenvalue weighted by Crippen LogP contribution is 2.39. The van der Waals surface area contributed by atoms with Crippen molar-refractivity contribution in [1.29, 1.82) is 15.8 Å². The molecule has 5 heteroatoms. The summed E-state index contributed by atoms with van der Waals surface area (Å²) in [6, 6.07) is 44.0. The van der Waals surface area contributed by atoms with Crippen LogP contribution in [-0.4, -0.2) is 0 Å². The summed E-state index contributed by atoms with van der Waals surface area (Å²) < 4.78 is 12.4. The Labute approximate surface area is 251 Å². The molecule has 5 nitrogen and oxygen atoms in total. The second kappa shape index (κ2) is 9.74. The SMILES string of the molecule is N#Cc1ccccc1-c1cc(-c2ccc3c(c2)oc2c(C#N)cccc23)cc(-c2ccc3c(c2)oc2c(C#N)cccc23)c1. The highest BCUT2D eigenvalue weighted by molar-refractivity contribution is 6.08. The average Bonchev–Trinajstić information content (AvgIpc) is 3.65. The van der Waals surface area contributed by atoms with Crippen molar-refractivity contribution in [1.82, 2.24) is 0 Å². The van der Waals surface area contributed by atoms with Gasteiger partial charge < -0.3 is 8.83 Å². The van der Waals surface area contributed by atoms with Gasteiger partial charge in [0.15, 0.2) is 11.2 Å². The molecule has 0 aliphatic heterocycles. The molecule has 0 saturated carbocycles. The summed E-state index contributed by atoms with van der Waals surface area (Å²) in [7, 11) is 0. The molecule has 0 unspecified atom stereocenters. The van der Waals surface area contributed by atoms with E-state index in [0.29, 0.717) is 39.0 Å². The number of hydrogen-bond donors (Lipinski definition) is 0. The van der Waals surface area contributed by atoms with Crippen molar-refractivity contribution in [2.24, 2.45) is 0 Å². The summed E-state index contributed by atoms with van der Waals surface area (Å²) in [6.45, 7) is 0. The third-order valence-electron chi connectivity index (χ3n) is 8.20. The van der Waals surface area contributed by atoms with Gasteiger partial charge in [0.25, 0.3) is 0 Å². The third-order valence-corrected chi connectivity index (χ3v) is 8.20.